The van der Waals surface area contributed by atoms with Crippen molar-refractivity contribution in [2.45, 2.75) is 43.6 Å². The molecule has 0 radical (unpaired) electrons. The smallest absolute Gasteiger partial charge is 0.216 e. The van der Waals surface area contributed by atoms with E-state index in [1.165, 1.54) is 0 Å². The van der Waals surface area contributed by atoms with Gasteiger partial charge in [-0.25, -0.2) is 8.78 Å². The van der Waals surface area contributed by atoms with Gasteiger partial charge in [0.1, 0.15) is 0 Å². The lowest BCUT2D eigenvalue weighted by atomic mass is 9.93. The van der Waals surface area contributed by atoms with Crippen LogP contribution in [0.3, 0.4) is 0 Å². The average molecular weight is 593 g/mol. The van der Waals surface area contributed by atoms with Crippen molar-refractivity contribution < 1.29 is 61.5 Å². The highest BCUT2D eigenvalue weighted by atomic mass is 79.9. The van der Waals surface area contributed by atoms with Gasteiger partial charge >= 0.3 is 43.6 Å². The number of rotatable bonds is 7. The minimum absolute atomic E-state index is 0.572. The van der Waals surface area contributed by atoms with Gasteiger partial charge in [-0.1, -0.05) is 0 Å². The molecule has 0 aliphatic rings. The Morgan fingerprint density at radius 2 is 0.538 bits per heavy atom. The largest absolute Gasteiger partial charge is 0.382 e. The molecule has 0 aromatic carbocycles. The van der Waals surface area contributed by atoms with E-state index < -0.39 is 43.6 Å². The third-order valence-electron chi connectivity index (χ3n) is 2.68. The van der Waals surface area contributed by atoms with Gasteiger partial charge in [-0.2, -0.15) is 52.7 Å². The molecular weight excluding hydrogens is 593 g/mol. The molecule has 2 atom stereocenters. The molecule has 0 amide bonds. The number of hydrogen-bond acceptors (Lipinski definition) is 0. The molecule has 0 N–H and O–H groups in total. The van der Waals surface area contributed by atoms with E-state index in [0.717, 1.165) is 0 Å². The molecule has 0 aliphatic carbocycles. The van der Waals surface area contributed by atoms with Gasteiger partial charge in [0.15, 0.2) is 0 Å². The van der Waals surface area contributed by atoms with E-state index in [2.05, 4.69) is 23.2 Å². The molecule has 0 rings (SSSR count). The highest BCUT2D eigenvalue weighted by Gasteiger charge is 2.93. The maximum absolute atomic E-state index is 13.3. The second-order valence-corrected chi connectivity index (χ2v) is 7.58. The predicted octanol–water partition coefficient (Wildman–Crippen LogP) is 7.31. The van der Waals surface area contributed by atoms with Gasteiger partial charge in [0.25, 0.3) is 0 Å². The molecule has 158 valence electrons. The van der Waals surface area contributed by atoms with Crippen molar-refractivity contribution in [3.8, 4) is 0 Å². The molecule has 0 saturated carbocycles. The van der Waals surface area contributed by atoms with Crippen molar-refractivity contribution in [1.29, 1.82) is 0 Å². The molecule has 0 fully saturated rings. The first-order chi connectivity index (χ1) is 10.8. The molecule has 18 heteroatoms. The summed E-state index contributed by atoms with van der Waals surface area (Å²) in [5, 5.41) is -12.2. The Labute approximate surface area is 160 Å². The van der Waals surface area contributed by atoms with Crippen LogP contribution < -0.4 is 0 Å². The Morgan fingerprint density at radius 3 is 0.654 bits per heavy atom. The van der Waals surface area contributed by atoms with Crippen LogP contribution in [0.5, 0.6) is 0 Å². The van der Waals surface area contributed by atoms with Crippen LogP contribution in [0.1, 0.15) is 0 Å². The standard InChI is InChI=1S/C8Br2Cl2F14/c9-1(13,7(11,23)24)3(15,16)5(19,20)6(21,22)4(17,18)2(10,14)8(12,25)26. The topological polar surface area (TPSA) is 0 Å². The fourth-order valence-corrected chi connectivity index (χ4v) is 1.88. The van der Waals surface area contributed by atoms with E-state index >= 15 is 0 Å². The van der Waals surface area contributed by atoms with Crippen LogP contribution in [0.25, 0.3) is 0 Å². The molecule has 0 spiro atoms. The molecule has 0 bridgehead atoms. The number of alkyl halides is 18. The molecule has 0 saturated heterocycles. The van der Waals surface area contributed by atoms with Crippen molar-refractivity contribution in [2.24, 2.45) is 0 Å². The highest BCUT2D eigenvalue weighted by Crippen LogP contribution is 2.66. The predicted molar refractivity (Wildman–Crippen MR) is 66.9 cm³/mol. The SMILES string of the molecule is FC(F)(Cl)C(F)(Br)C(F)(F)C(F)(F)C(F)(F)C(F)(F)C(F)(Br)C(F)(F)Cl. The molecule has 0 heterocycles. The maximum Gasteiger partial charge on any atom is 0.382 e. The van der Waals surface area contributed by atoms with Crippen LogP contribution in [0.2, 0.25) is 0 Å². The lowest BCUT2D eigenvalue weighted by molar-refractivity contribution is -0.400. The van der Waals surface area contributed by atoms with Crippen LogP contribution in [-0.4, -0.2) is 43.6 Å². The molecule has 0 nitrogen and oxygen atoms in total. The van der Waals surface area contributed by atoms with Crippen molar-refractivity contribution in [1.82, 2.24) is 0 Å². The Balaban J connectivity index is 6.61. The van der Waals surface area contributed by atoms with E-state index in [4.69, 9.17) is 0 Å². The fraction of sp³-hybridized carbons (Fsp3) is 1.00. The summed E-state index contributed by atoms with van der Waals surface area (Å²) in [6.07, 6.45) is 0. The first kappa shape index (κ1) is 26.6. The van der Waals surface area contributed by atoms with Gasteiger partial charge in [0, 0.05) is 0 Å². The van der Waals surface area contributed by atoms with Crippen molar-refractivity contribution in [2.75, 3.05) is 0 Å². The number of hydrogen-bond donors (Lipinski definition) is 0. The van der Waals surface area contributed by atoms with Crippen LogP contribution in [-0.2, 0) is 0 Å². The zero-order chi connectivity index (χ0) is 22.0. The summed E-state index contributed by atoms with van der Waals surface area (Å²) in [4.78, 5) is 0. The van der Waals surface area contributed by atoms with Gasteiger partial charge in [-0.3, -0.25) is 0 Å². The van der Waals surface area contributed by atoms with Gasteiger partial charge in [0.05, 0.1) is 0 Å². The van der Waals surface area contributed by atoms with E-state index in [1.807, 2.05) is 0 Å². The summed E-state index contributed by atoms with van der Waals surface area (Å²) >= 11 is 8.58. The summed E-state index contributed by atoms with van der Waals surface area (Å²) in [5.74, 6) is -30.9. The van der Waals surface area contributed by atoms with Crippen LogP contribution >= 0.6 is 55.1 Å². The minimum Gasteiger partial charge on any atom is -0.216 e. The van der Waals surface area contributed by atoms with E-state index in [0.29, 0.717) is 31.9 Å². The molecule has 0 aromatic heterocycles. The normalized spacial score (nSPS) is 20.5. The third kappa shape index (κ3) is 3.37. The third-order valence-corrected chi connectivity index (χ3v) is 5.65. The zero-order valence-corrected chi connectivity index (χ0v) is 15.5. The molecular formula is C8Br2Cl2F14. The first-order valence-electron chi connectivity index (χ1n) is 5.15. The molecule has 0 aromatic rings. The van der Waals surface area contributed by atoms with Crippen molar-refractivity contribution in [3.05, 3.63) is 0 Å². The second kappa shape index (κ2) is 6.54. The van der Waals surface area contributed by atoms with Crippen LogP contribution in [0.15, 0.2) is 0 Å². The fourth-order valence-electron chi connectivity index (χ4n) is 1.14. The van der Waals surface area contributed by atoms with E-state index in [1.54, 1.807) is 0 Å². The molecule has 26 heavy (non-hydrogen) atoms. The summed E-state index contributed by atoms with van der Waals surface area (Å²) in [5.41, 5.74) is 0. The van der Waals surface area contributed by atoms with Crippen molar-refractivity contribution in [3.63, 3.8) is 0 Å². The van der Waals surface area contributed by atoms with Crippen molar-refractivity contribution >= 4 is 55.1 Å². The maximum atomic E-state index is 13.3. The van der Waals surface area contributed by atoms with E-state index in [9.17, 15) is 61.5 Å². The quantitative estimate of drug-likeness (QED) is 0.215. The Kier molecular flexibility index (Phi) is 6.68. The van der Waals surface area contributed by atoms with Gasteiger partial charge in [0.2, 0.25) is 0 Å². The lowest BCUT2D eigenvalue weighted by Gasteiger charge is -2.43. The lowest BCUT2D eigenvalue weighted by Crippen LogP contribution is -2.73. The Hall–Kier alpha value is 0.560. The summed E-state index contributed by atoms with van der Waals surface area (Å²) in [7, 11) is 0. The first-order valence-corrected chi connectivity index (χ1v) is 7.49. The Morgan fingerprint density at radius 1 is 0.385 bits per heavy atom. The van der Waals surface area contributed by atoms with Crippen LogP contribution in [0, 0.1) is 0 Å². The second-order valence-electron chi connectivity index (χ2n) is 4.44. The average Bonchev–Trinajstić information content (AvgIpc) is 2.34. The monoisotopic (exact) mass is 590 g/mol. The summed E-state index contributed by atoms with van der Waals surface area (Å²) in [6, 6.07) is 0. The summed E-state index contributed by atoms with van der Waals surface area (Å²) < 4.78 is 170. The van der Waals surface area contributed by atoms with Crippen LogP contribution in [0.4, 0.5) is 61.5 Å². The molecule has 2 unspecified atom stereocenters. The highest BCUT2D eigenvalue weighted by molar-refractivity contribution is 9.10. The van der Waals surface area contributed by atoms with E-state index in [-0.39, 0.29) is 0 Å². The zero-order valence-electron chi connectivity index (χ0n) is 10.8. The Bertz CT molecular complexity index is 486. The number of halogens is 18. The molecule has 0 aliphatic heterocycles. The minimum atomic E-state index is -7.92. The van der Waals surface area contributed by atoms with Gasteiger partial charge in [-0.15, -0.1) is 0 Å². The van der Waals surface area contributed by atoms with Gasteiger partial charge < -0.3 is 0 Å². The summed E-state index contributed by atoms with van der Waals surface area (Å²) in [6.45, 7) is 0. The van der Waals surface area contributed by atoms with Gasteiger partial charge in [-0.05, 0) is 55.1 Å².